The molecule has 0 saturated carbocycles. The molecule has 1 saturated heterocycles. The topological polar surface area (TPSA) is 64.8 Å². The van der Waals surface area contributed by atoms with Crippen molar-refractivity contribution in [2.75, 3.05) is 27.3 Å². The minimum atomic E-state index is 0.0119. The molecule has 0 radical (unpaired) electrons. The number of carbonyl (C=O) groups is 1. The van der Waals surface area contributed by atoms with Crippen LogP contribution in [-0.4, -0.2) is 44.2 Å². The number of likely N-dealkylation sites (tertiary alicyclic amines) is 1. The molecule has 116 valence electrons. The van der Waals surface area contributed by atoms with Crippen LogP contribution in [0, 0.1) is 5.92 Å². The van der Waals surface area contributed by atoms with Gasteiger partial charge in [-0.25, -0.2) is 0 Å². The summed E-state index contributed by atoms with van der Waals surface area (Å²) < 4.78 is 10.5. The number of amides is 1. The van der Waals surface area contributed by atoms with E-state index in [4.69, 9.17) is 15.2 Å². The highest BCUT2D eigenvalue weighted by Gasteiger charge is 2.29. The first-order valence-electron chi connectivity index (χ1n) is 7.33. The maximum absolute atomic E-state index is 12.8. The molecule has 0 aromatic heterocycles. The molecule has 5 nitrogen and oxygen atoms in total. The summed E-state index contributed by atoms with van der Waals surface area (Å²) in [5, 5.41) is 0. The van der Waals surface area contributed by atoms with E-state index >= 15 is 0 Å². The second-order valence-electron chi connectivity index (χ2n) is 5.59. The Labute approximate surface area is 126 Å². The summed E-state index contributed by atoms with van der Waals surface area (Å²) in [6.45, 7) is 3.43. The number of methoxy groups -OCH3 is 2. The van der Waals surface area contributed by atoms with Crippen molar-refractivity contribution in [3.63, 3.8) is 0 Å². The van der Waals surface area contributed by atoms with E-state index in [1.54, 1.807) is 32.4 Å². The Kier molecular flexibility index (Phi) is 5.07. The predicted molar refractivity (Wildman–Crippen MR) is 81.8 cm³/mol. The highest BCUT2D eigenvalue weighted by molar-refractivity contribution is 5.95. The van der Waals surface area contributed by atoms with Gasteiger partial charge in [0.15, 0.2) is 0 Å². The molecule has 0 aliphatic carbocycles. The van der Waals surface area contributed by atoms with Crippen molar-refractivity contribution >= 4 is 5.91 Å². The molecule has 1 aromatic carbocycles. The molecular formula is C16H24N2O3. The summed E-state index contributed by atoms with van der Waals surface area (Å²) in [7, 11) is 3.16. The van der Waals surface area contributed by atoms with Crippen molar-refractivity contribution in [2.45, 2.75) is 25.8 Å². The molecule has 1 aliphatic rings. The van der Waals surface area contributed by atoms with Crippen LogP contribution in [0.2, 0.25) is 0 Å². The lowest BCUT2D eigenvalue weighted by Crippen LogP contribution is -2.47. The lowest BCUT2D eigenvalue weighted by molar-refractivity contribution is 0.0566. The molecule has 1 aromatic rings. The average Bonchev–Trinajstić information content (AvgIpc) is 2.54. The van der Waals surface area contributed by atoms with Gasteiger partial charge in [0.2, 0.25) is 0 Å². The highest BCUT2D eigenvalue weighted by Crippen LogP contribution is 2.27. The van der Waals surface area contributed by atoms with Crippen LogP contribution in [0.3, 0.4) is 0 Å². The first-order valence-corrected chi connectivity index (χ1v) is 7.33. The van der Waals surface area contributed by atoms with Gasteiger partial charge >= 0.3 is 0 Å². The van der Waals surface area contributed by atoms with Crippen LogP contribution in [0.15, 0.2) is 18.2 Å². The lowest BCUT2D eigenvalue weighted by atomic mass is 9.93. The summed E-state index contributed by atoms with van der Waals surface area (Å²) in [5.41, 5.74) is 6.36. The third-order valence-electron chi connectivity index (χ3n) is 4.17. The molecule has 1 aliphatic heterocycles. The molecule has 0 bridgehead atoms. The smallest absolute Gasteiger partial charge is 0.254 e. The molecule has 1 amide bonds. The number of piperidine rings is 1. The van der Waals surface area contributed by atoms with Gasteiger partial charge in [-0.05, 0) is 44.4 Å². The lowest BCUT2D eigenvalue weighted by Gasteiger charge is -2.37. The predicted octanol–water partition coefficient (Wildman–Crippen LogP) is 1.90. The number of hydrogen-bond acceptors (Lipinski definition) is 4. The van der Waals surface area contributed by atoms with E-state index in [1.807, 2.05) is 4.90 Å². The summed E-state index contributed by atoms with van der Waals surface area (Å²) in [6.07, 6.45) is 2.08. The third-order valence-corrected chi connectivity index (χ3v) is 4.17. The first-order chi connectivity index (χ1) is 10.1. The Bertz CT molecular complexity index is 482. The standard InChI is InChI=1S/C16H24N2O3/c1-11-4-5-12(9-17)10-18(11)16(19)13-6-14(20-2)8-15(7-13)21-3/h6-8,11-12H,4-5,9-10,17H2,1-3H3. The van der Waals surface area contributed by atoms with E-state index in [0.717, 1.165) is 19.4 Å². The highest BCUT2D eigenvalue weighted by atomic mass is 16.5. The summed E-state index contributed by atoms with van der Waals surface area (Å²) in [4.78, 5) is 14.7. The van der Waals surface area contributed by atoms with Gasteiger partial charge in [0.1, 0.15) is 11.5 Å². The Morgan fingerprint density at radius 1 is 1.24 bits per heavy atom. The number of carbonyl (C=O) groups excluding carboxylic acids is 1. The average molecular weight is 292 g/mol. The zero-order chi connectivity index (χ0) is 15.4. The maximum atomic E-state index is 12.8. The number of ether oxygens (including phenoxy) is 2. The normalized spacial score (nSPS) is 22.0. The van der Waals surface area contributed by atoms with Crippen molar-refractivity contribution in [2.24, 2.45) is 11.7 Å². The third kappa shape index (κ3) is 3.47. The van der Waals surface area contributed by atoms with E-state index in [1.165, 1.54) is 0 Å². The van der Waals surface area contributed by atoms with Crippen molar-refractivity contribution in [3.8, 4) is 11.5 Å². The fourth-order valence-corrected chi connectivity index (χ4v) is 2.75. The van der Waals surface area contributed by atoms with Gasteiger partial charge in [0, 0.05) is 24.2 Å². The summed E-state index contributed by atoms with van der Waals surface area (Å²) in [6, 6.07) is 5.50. The zero-order valence-corrected chi connectivity index (χ0v) is 13.0. The van der Waals surface area contributed by atoms with Gasteiger partial charge < -0.3 is 20.1 Å². The quantitative estimate of drug-likeness (QED) is 0.920. The van der Waals surface area contributed by atoms with Gasteiger partial charge in [0.05, 0.1) is 14.2 Å². The number of rotatable bonds is 4. The molecule has 1 heterocycles. The molecule has 2 unspecified atom stereocenters. The zero-order valence-electron chi connectivity index (χ0n) is 13.0. The van der Waals surface area contributed by atoms with Gasteiger partial charge in [-0.15, -0.1) is 0 Å². The fraction of sp³-hybridized carbons (Fsp3) is 0.562. The van der Waals surface area contributed by atoms with Crippen LogP contribution < -0.4 is 15.2 Å². The molecule has 0 spiro atoms. The van der Waals surface area contributed by atoms with E-state index in [0.29, 0.717) is 29.5 Å². The van der Waals surface area contributed by atoms with Gasteiger partial charge in [-0.2, -0.15) is 0 Å². The minimum absolute atomic E-state index is 0.0119. The van der Waals surface area contributed by atoms with Gasteiger partial charge in [0.25, 0.3) is 5.91 Å². The number of hydrogen-bond donors (Lipinski definition) is 1. The maximum Gasteiger partial charge on any atom is 0.254 e. The van der Waals surface area contributed by atoms with Crippen LogP contribution in [-0.2, 0) is 0 Å². The Balaban J connectivity index is 2.25. The summed E-state index contributed by atoms with van der Waals surface area (Å²) in [5.74, 6) is 1.64. The van der Waals surface area contributed by atoms with Crippen molar-refractivity contribution in [1.29, 1.82) is 0 Å². The SMILES string of the molecule is COc1cc(OC)cc(C(=O)N2CC(CN)CCC2C)c1. The van der Waals surface area contributed by atoms with Crippen molar-refractivity contribution < 1.29 is 14.3 Å². The minimum Gasteiger partial charge on any atom is -0.497 e. The molecule has 2 atom stereocenters. The monoisotopic (exact) mass is 292 g/mol. The van der Waals surface area contributed by atoms with Crippen molar-refractivity contribution in [1.82, 2.24) is 4.90 Å². The fourth-order valence-electron chi connectivity index (χ4n) is 2.75. The second kappa shape index (κ2) is 6.80. The number of nitrogens with zero attached hydrogens (tertiary/aromatic N) is 1. The molecule has 21 heavy (non-hydrogen) atoms. The summed E-state index contributed by atoms with van der Waals surface area (Å²) >= 11 is 0. The molecule has 2 rings (SSSR count). The van der Waals surface area contributed by atoms with Crippen LogP contribution in [0.1, 0.15) is 30.1 Å². The number of nitrogens with two attached hydrogens (primary N) is 1. The van der Waals surface area contributed by atoms with E-state index in [2.05, 4.69) is 6.92 Å². The van der Waals surface area contributed by atoms with E-state index < -0.39 is 0 Å². The molecular weight excluding hydrogens is 268 g/mol. The Hall–Kier alpha value is -1.75. The molecule has 1 fully saturated rings. The Morgan fingerprint density at radius 2 is 1.86 bits per heavy atom. The van der Waals surface area contributed by atoms with Crippen LogP contribution in [0.25, 0.3) is 0 Å². The first kappa shape index (κ1) is 15.6. The van der Waals surface area contributed by atoms with Crippen molar-refractivity contribution in [3.05, 3.63) is 23.8 Å². The Morgan fingerprint density at radius 3 is 2.38 bits per heavy atom. The van der Waals surface area contributed by atoms with E-state index in [9.17, 15) is 4.79 Å². The van der Waals surface area contributed by atoms with E-state index in [-0.39, 0.29) is 11.9 Å². The molecule has 2 N–H and O–H groups in total. The van der Waals surface area contributed by atoms with Crippen LogP contribution in [0.4, 0.5) is 0 Å². The second-order valence-corrected chi connectivity index (χ2v) is 5.59. The largest absolute Gasteiger partial charge is 0.497 e. The van der Waals surface area contributed by atoms with Crippen LogP contribution in [0.5, 0.6) is 11.5 Å². The number of benzene rings is 1. The van der Waals surface area contributed by atoms with Gasteiger partial charge in [-0.1, -0.05) is 0 Å². The van der Waals surface area contributed by atoms with Crippen LogP contribution >= 0.6 is 0 Å². The molecule has 5 heteroatoms. The van der Waals surface area contributed by atoms with Gasteiger partial charge in [-0.3, -0.25) is 4.79 Å².